The fourth-order valence-electron chi connectivity index (χ4n) is 4.59. The van der Waals surface area contributed by atoms with E-state index in [1.165, 1.54) is 27.2 Å². The topological polar surface area (TPSA) is 40.6 Å². The van der Waals surface area contributed by atoms with Gasteiger partial charge in [0.05, 0.1) is 17.2 Å². The van der Waals surface area contributed by atoms with Crippen LogP contribution in [-0.2, 0) is 23.6 Å². The molecule has 1 aliphatic rings. The number of carbonyl (C=O) groups is 2. The highest BCUT2D eigenvalue weighted by atomic mass is 32.1. The smallest absolute Gasteiger partial charge is 0.335 e. The van der Waals surface area contributed by atoms with Gasteiger partial charge < -0.3 is 9.80 Å². The predicted molar refractivity (Wildman–Crippen MR) is 141 cm³/mol. The molecule has 40 heavy (non-hydrogen) atoms. The van der Waals surface area contributed by atoms with Gasteiger partial charge in [0, 0.05) is 36.2 Å². The molecular weight excluding hydrogens is 554 g/mol. The molecule has 4 rings (SSSR count). The molecule has 0 radical (unpaired) electrons. The average molecular weight is 581 g/mol. The summed E-state index contributed by atoms with van der Waals surface area (Å²) in [5.74, 6) is -1.25. The summed E-state index contributed by atoms with van der Waals surface area (Å²) in [5.41, 5.74) is -0.947. The van der Waals surface area contributed by atoms with Crippen LogP contribution in [0.15, 0.2) is 60.0 Å². The number of nitrogens with zero attached hydrogens (tertiary/aromatic N) is 2. The van der Waals surface area contributed by atoms with Crippen LogP contribution in [0.25, 0.3) is 6.08 Å². The summed E-state index contributed by atoms with van der Waals surface area (Å²) in [4.78, 5) is 30.1. The minimum Gasteiger partial charge on any atom is -0.335 e. The first-order valence-electron chi connectivity index (χ1n) is 12.4. The Balaban J connectivity index is 1.66. The Kier molecular flexibility index (Phi) is 8.44. The van der Waals surface area contributed by atoms with E-state index >= 15 is 0 Å². The van der Waals surface area contributed by atoms with Crippen LogP contribution in [0.5, 0.6) is 0 Å². The molecule has 2 heterocycles. The highest BCUT2D eigenvalue weighted by Crippen LogP contribution is 2.37. The van der Waals surface area contributed by atoms with Gasteiger partial charge in [-0.15, -0.1) is 11.3 Å². The van der Waals surface area contributed by atoms with E-state index in [2.05, 4.69) is 0 Å². The van der Waals surface area contributed by atoms with Crippen LogP contribution in [0.1, 0.15) is 43.1 Å². The second kappa shape index (κ2) is 11.5. The number of rotatable bonds is 5. The van der Waals surface area contributed by atoms with Crippen molar-refractivity contribution >= 4 is 29.2 Å². The highest BCUT2D eigenvalue weighted by molar-refractivity contribution is 7.10. The van der Waals surface area contributed by atoms with E-state index in [9.17, 15) is 35.9 Å². The number of hydrogen-bond acceptors (Lipinski definition) is 3. The Morgan fingerprint density at radius 2 is 1.60 bits per heavy atom. The highest BCUT2D eigenvalue weighted by Gasteiger charge is 2.39. The second-order valence-electron chi connectivity index (χ2n) is 9.70. The normalized spacial score (nSPS) is 16.6. The molecule has 0 unspecified atom stereocenters. The van der Waals surface area contributed by atoms with E-state index < -0.39 is 41.0 Å². The lowest BCUT2D eigenvalue weighted by atomic mass is 9.97. The number of halogens is 6. The van der Waals surface area contributed by atoms with Crippen molar-refractivity contribution in [3.63, 3.8) is 0 Å². The van der Waals surface area contributed by atoms with Crippen molar-refractivity contribution in [1.29, 1.82) is 0 Å². The molecule has 11 heteroatoms. The van der Waals surface area contributed by atoms with E-state index in [1.54, 1.807) is 6.08 Å². The molecule has 3 aromatic rings. The molecule has 2 aromatic carbocycles. The fourth-order valence-corrected chi connectivity index (χ4v) is 5.21. The number of carbonyl (C=O) groups excluding carboxylic acids is 2. The van der Waals surface area contributed by atoms with E-state index in [-0.39, 0.29) is 38.0 Å². The summed E-state index contributed by atoms with van der Waals surface area (Å²) < 4.78 is 80.7. The fraction of sp³-hybridized carbons (Fsp3) is 0.310. The molecular formula is C29H26F6N2O2S. The largest absolute Gasteiger partial charge is 0.416 e. The number of alkyl halides is 6. The third-order valence-corrected chi connectivity index (χ3v) is 7.70. The third kappa shape index (κ3) is 6.93. The average Bonchev–Trinajstić information content (AvgIpc) is 3.41. The van der Waals surface area contributed by atoms with Crippen molar-refractivity contribution < 1.29 is 35.9 Å². The SMILES string of the molecule is Cc1ccc(C[C@@H]2CN(C(=O)/C=C/c3cccs3)CCN2C(=O)c2cc(C(F)(F)F)cc(C(F)(F)F)c2)cc1C. The van der Waals surface area contributed by atoms with E-state index in [1.807, 2.05) is 49.6 Å². The minimum atomic E-state index is -5.07. The number of aryl methyl sites for hydroxylation is 2. The first kappa shape index (κ1) is 29.4. The number of amides is 2. The van der Waals surface area contributed by atoms with Crippen LogP contribution >= 0.6 is 11.3 Å². The Labute approximate surface area is 231 Å². The predicted octanol–water partition coefficient (Wildman–Crippen LogP) is 7.01. The number of piperazine rings is 1. The molecule has 1 aliphatic heterocycles. The lowest BCUT2D eigenvalue weighted by Crippen LogP contribution is -2.57. The van der Waals surface area contributed by atoms with Crippen molar-refractivity contribution in [3.05, 3.63) is 98.2 Å². The van der Waals surface area contributed by atoms with E-state index in [0.29, 0.717) is 12.1 Å². The molecule has 4 nitrogen and oxygen atoms in total. The van der Waals surface area contributed by atoms with Crippen molar-refractivity contribution in [3.8, 4) is 0 Å². The lowest BCUT2D eigenvalue weighted by molar-refractivity contribution is -0.143. The monoisotopic (exact) mass is 580 g/mol. The molecule has 0 saturated carbocycles. The van der Waals surface area contributed by atoms with Gasteiger partial charge in [-0.2, -0.15) is 26.3 Å². The van der Waals surface area contributed by atoms with Crippen LogP contribution in [0.4, 0.5) is 26.3 Å². The molecule has 1 saturated heterocycles. The van der Waals surface area contributed by atoms with E-state index in [0.717, 1.165) is 21.6 Å². The third-order valence-electron chi connectivity index (χ3n) is 6.87. The Morgan fingerprint density at radius 3 is 2.17 bits per heavy atom. The maximum Gasteiger partial charge on any atom is 0.416 e. The second-order valence-corrected chi connectivity index (χ2v) is 10.7. The molecule has 1 aromatic heterocycles. The van der Waals surface area contributed by atoms with Gasteiger partial charge in [0.1, 0.15) is 0 Å². The van der Waals surface area contributed by atoms with Crippen LogP contribution in [0, 0.1) is 13.8 Å². The summed E-state index contributed by atoms with van der Waals surface area (Å²) in [6.07, 6.45) is -6.80. The molecule has 2 amide bonds. The Morgan fingerprint density at radius 1 is 0.925 bits per heavy atom. The van der Waals surface area contributed by atoms with Gasteiger partial charge in [-0.25, -0.2) is 0 Å². The van der Waals surface area contributed by atoms with Gasteiger partial charge in [-0.05, 0) is 72.7 Å². The molecule has 1 atom stereocenters. The first-order valence-corrected chi connectivity index (χ1v) is 13.3. The van der Waals surface area contributed by atoms with Gasteiger partial charge in [-0.3, -0.25) is 9.59 Å². The maximum absolute atomic E-state index is 13.5. The van der Waals surface area contributed by atoms with Gasteiger partial charge in [-0.1, -0.05) is 24.3 Å². The summed E-state index contributed by atoms with van der Waals surface area (Å²) >= 11 is 1.45. The van der Waals surface area contributed by atoms with E-state index in [4.69, 9.17) is 0 Å². The maximum atomic E-state index is 13.5. The van der Waals surface area contributed by atoms with Gasteiger partial charge >= 0.3 is 12.4 Å². The van der Waals surface area contributed by atoms with Crippen molar-refractivity contribution in [1.82, 2.24) is 9.80 Å². The van der Waals surface area contributed by atoms with Crippen LogP contribution < -0.4 is 0 Å². The van der Waals surface area contributed by atoms with Gasteiger partial charge in [0.2, 0.25) is 5.91 Å². The minimum absolute atomic E-state index is 0.000123. The molecule has 0 spiro atoms. The van der Waals surface area contributed by atoms with Gasteiger partial charge in [0.25, 0.3) is 5.91 Å². The van der Waals surface area contributed by atoms with Crippen LogP contribution in [-0.4, -0.2) is 47.3 Å². The summed E-state index contributed by atoms with van der Waals surface area (Å²) in [7, 11) is 0. The zero-order valence-electron chi connectivity index (χ0n) is 21.6. The van der Waals surface area contributed by atoms with Crippen LogP contribution in [0.3, 0.4) is 0 Å². The molecule has 212 valence electrons. The number of hydrogen-bond donors (Lipinski definition) is 0. The quantitative estimate of drug-likeness (QED) is 0.241. The Hall–Kier alpha value is -3.60. The Bertz CT molecular complexity index is 1380. The van der Waals surface area contributed by atoms with Crippen LogP contribution in [0.2, 0.25) is 0 Å². The number of benzene rings is 2. The molecule has 0 N–H and O–H groups in total. The molecule has 1 fully saturated rings. The summed E-state index contributed by atoms with van der Waals surface area (Å²) in [6, 6.07) is 9.59. The standard InChI is InChI=1S/C29H26F6N2O2S/c1-18-5-6-20(12-19(18)2)13-24-17-36(26(38)8-7-25-4-3-11-40-25)9-10-37(24)27(39)21-14-22(28(30,31)32)16-23(15-21)29(33,34)35/h3-8,11-12,14-16,24H,9-10,13,17H2,1-2H3/b8-7+/t24-/m1/s1. The zero-order chi connectivity index (χ0) is 29.2. The zero-order valence-corrected chi connectivity index (χ0v) is 22.5. The summed E-state index contributed by atoms with van der Waals surface area (Å²) in [5, 5.41) is 1.87. The van der Waals surface area contributed by atoms with Gasteiger partial charge in [0.15, 0.2) is 0 Å². The number of thiophene rings is 1. The molecule has 0 bridgehead atoms. The summed E-state index contributed by atoms with van der Waals surface area (Å²) in [6.45, 7) is 3.94. The van der Waals surface area contributed by atoms with Crippen molar-refractivity contribution in [2.24, 2.45) is 0 Å². The molecule has 0 aliphatic carbocycles. The van der Waals surface area contributed by atoms with Crippen molar-refractivity contribution in [2.45, 2.75) is 38.7 Å². The lowest BCUT2D eigenvalue weighted by Gasteiger charge is -2.41. The van der Waals surface area contributed by atoms with Crippen molar-refractivity contribution in [2.75, 3.05) is 19.6 Å². The first-order chi connectivity index (χ1) is 18.7.